The number of nitrogens with one attached hydrogen (secondary N) is 8. The third kappa shape index (κ3) is 12.6. The highest BCUT2D eigenvalue weighted by Crippen LogP contribution is 2.44. The van der Waals surface area contributed by atoms with Crippen LogP contribution in [0, 0.1) is 0 Å². The van der Waals surface area contributed by atoms with Crippen molar-refractivity contribution < 1.29 is 49.8 Å². The number of anilines is 4. The van der Waals surface area contributed by atoms with Crippen LogP contribution in [0.5, 0.6) is 23.0 Å². The molecule has 0 saturated carbocycles. The molecular formula is C43H56Cl4N8O10. The maximum Gasteiger partial charge on any atom is 0.200 e. The van der Waals surface area contributed by atoms with Crippen molar-refractivity contribution in [3.05, 3.63) is 93.0 Å². The van der Waals surface area contributed by atoms with Crippen LogP contribution in [0.3, 0.4) is 0 Å². The molecule has 22 heteroatoms. The van der Waals surface area contributed by atoms with Gasteiger partial charge in [-0.25, -0.2) is 0 Å². The lowest BCUT2D eigenvalue weighted by Gasteiger charge is -2.25. The highest BCUT2D eigenvalue weighted by atomic mass is 35.5. The van der Waals surface area contributed by atoms with Crippen LogP contribution in [-0.2, 0) is 0 Å². The topological polar surface area (TPSA) is 286 Å². The van der Waals surface area contributed by atoms with Gasteiger partial charge in [-0.1, -0.05) is 0 Å². The van der Waals surface area contributed by atoms with Gasteiger partial charge in [-0.05, 0) is 68.0 Å². The average molecular weight is 987 g/mol. The van der Waals surface area contributed by atoms with Crippen LogP contribution in [0.15, 0.2) is 48.5 Å². The average Bonchev–Trinajstić information content (AvgIpc) is 3.25. The molecule has 0 heterocycles. The van der Waals surface area contributed by atoms with Gasteiger partial charge in [0.05, 0.1) is 57.7 Å². The Hall–Kier alpha value is -5.12. The molecule has 0 bridgehead atoms. The van der Waals surface area contributed by atoms with E-state index in [4.69, 9.17) is 10.2 Å². The number of halogens is 4. The van der Waals surface area contributed by atoms with Crippen LogP contribution in [0.2, 0.25) is 0 Å². The number of carbonyl (C=O) groups excluding carboxylic acids is 4. The monoisotopic (exact) mass is 984 g/mol. The van der Waals surface area contributed by atoms with Crippen molar-refractivity contribution in [1.29, 1.82) is 0 Å². The molecule has 0 aromatic heterocycles. The lowest BCUT2D eigenvalue weighted by atomic mass is 9.81. The van der Waals surface area contributed by atoms with E-state index in [2.05, 4.69) is 42.5 Å². The number of carbonyl (C=O) groups is 4. The third-order valence-corrected chi connectivity index (χ3v) is 10.3. The van der Waals surface area contributed by atoms with E-state index < -0.39 is 46.1 Å². The zero-order valence-electron chi connectivity index (χ0n) is 35.2. The number of rotatable bonds is 24. The summed E-state index contributed by atoms with van der Waals surface area (Å²) in [5.74, 6) is -3.96. The van der Waals surface area contributed by atoms with E-state index >= 15 is 0 Å². The van der Waals surface area contributed by atoms with Crippen LogP contribution in [0.4, 0.5) is 22.7 Å². The number of hydrogen-bond donors (Lipinski definition) is 14. The van der Waals surface area contributed by atoms with Crippen LogP contribution in [0.1, 0.15) is 70.1 Å². The number of ketones is 4. The predicted octanol–water partition coefficient (Wildman–Crippen LogP) is 2.83. The summed E-state index contributed by atoms with van der Waals surface area (Å²) in [6.45, 7) is 5.71. The van der Waals surface area contributed by atoms with Crippen molar-refractivity contribution in [3.63, 3.8) is 0 Å². The van der Waals surface area contributed by atoms with Gasteiger partial charge in [0.1, 0.15) is 23.0 Å². The van der Waals surface area contributed by atoms with Crippen molar-refractivity contribution in [1.82, 2.24) is 21.3 Å². The number of aliphatic hydroxyl groups is 2. The molecule has 65 heavy (non-hydrogen) atoms. The Morgan fingerprint density at radius 3 is 0.769 bits per heavy atom. The molecule has 0 radical (unpaired) electrons. The van der Waals surface area contributed by atoms with Gasteiger partial charge in [0.2, 0.25) is 23.1 Å². The van der Waals surface area contributed by atoms with Gasteiger partial charge in [0.25, 0.3) is 0 Å². The fraction of sp³-hybridized carbons (Fsp3) is 0.349. The van der Waals surface area contributed by atoms with Crippen molar-refractivity contribution in [3.8, 4) is 23.0 Å². The molecule has 0 aliphatic heterocycles. The number of hydrogen-bond acceptors (Lipinski definition) is 18. The molecule has 2 aliphatic rings. The standard InChI is InChI=1S/C43H52N8O10.4ClH/c52-22-20-46-14-18-50-26-4-2-24(32-34(26)42(60)38-30(56)8-6-28(54)36(38)40(32)58)48-16-12-44-10-1-11-45-13-17-49-25-3-5-27(51-19-15-47-21-23-53)35-33(25)41(59)37-29(55)7-9-31(57)39(37)43(35)61;;;;/h2-9,44-57H,1,10-23H2;4*1H. The first-order valence-electron chi connectivity index (χ1n) is 20.2. The van der Waals surface area contributed by atoms with Crippen LogP contribution in [0.25, 0.3) is 0 Å². The van der Waals surface area contributed by atoms with Crippen molar-refractivity contribution in [2.75, 3.05) is 113 Å². The van der Waals surface area contributed by atoms with E-state index in [1.807, 2.05) is 0 Å². The Balaban J connectivity index is 0.00000363. The SMILES string of the molecule is Cl.Cl.Cl.Cl.O=C1c2c(O)ccc(O)c2C(=O)c2c(NCCNCCCNCCNc3ccc(NCCNCCO)c4c3C(=O)c3c(O)ccc(O)c3C4=O)ccc(NCCNCCO)c21. The number of aromatic hydroxyl groups is 4. The van der Waals surface area contributed by atoms with Gasteiger partial charge >= 0.3 is 0 Å². The molecule has 356 valence electrons. The molecule has 0 unspecified atom stereocenters. The predicted molar refractivity (Wildman–Crippen MR) is 259 cm³/mol. The minimum atomic E-state index is -0.589. The van der Waals surface area contributed by atoms with Crippen LogP contribution < -0.4 is 42.5 Å². The fourth-order valence-electron chi connectivity index (χ4n) is 7.46. The van der Waals surface area contributed by atoms with E-state index in [0.29, 0.717) is 101 Å². The Morgan fingerprint density at radius 1 is 0.308 bits per heavy atom. The number of phenols is 4. The number of fused-ring (bicyclic) bond motifs is 4. The number of phenolic OH excluding ortho intramolecular Hbond substituents is 4. The van der Waals surface area contributed by atoms with Crippen molar-refractivity contribution in [2.24, 2.45) is 0 Å². The van der Waals surface area contributed by atoms with E-state index in [9.17, 15) is 39.6 Å². The first-order chi connectivity index (χ1) is 29.6. The minimum Gasteiger partial charge on any atom is -0.507 e. The zero-order valence-corrected chi connectivity index (χ0v) is 38.4. The largest absolute Gasteiger partial charge is 0.507 e. The summed E-state index contributed by atoms with van der Waals surface area (Å²) in [7, 11) is 0. The third-order valence-electron chi connectivity index (χ3n) is 10.3. The molecule has 2 aliphatic carbocycles. The summed E-state index contributed by atoms with van der Waals surface area (Å²) in [6, 6.07) is 11.5. The normalized spacial score (nSPS) is 12.0. The molecule has 0 fully saturated rings. The van der Waals surface area contributed by atoms with E-state index in [0.717, 1.165) is 6.42 Å². The van der Waals surface area contributed by atoms with Gasteiger partial charge < -0.3 is 73.2 Å². The molecular weight excluding hydrogens is 930 g/mol. The van der Waals surface area contributed by atoms with Gasteiger partial charge in [0, 0.05) is 88.2 Å². The first-order valence-corrected chi connectivity index (χ1v) is 20.2. The maximum atomic E-state index is 13.8. The summed E-state index contributed by atoms with van der Waals surface area (Å²) in [5.41, 5.74) is 1.02. The van der Waals surface area contributed by atoms with E-state index in [1.54, 1.807) is 24.3 Å². The minimum absolute atomic E-state index is 0. The lowest BCUT2D eigenvalue weighted by Crippen LogP contribution is -2.30. The van der Waals surface area contributed by atoms with Crippen LogP contribution in [-0.4, -0.2) is 146 Å². The molecule has 18 nitrogen and oxygen atoms in total. The Bertz CT molecular complexity index is 2150. The van der Waals surface area contributed by atoms with Gasteiger partial charge in [0.15, 0.2) is 0 Å². The second-order valence-electron chi connectivity index (χ2n) is 14.4. The van der Waals surface area contributed by atoms with Gasteiger partial charge in [-0.2, -0.15) is 0 Å². The molecule has 4 aromatic rings. The summed E-state index contributed by atoms with van der Waals surface area (Å²) in [4.78, 5) is 55.1. The Labute approximate surface area is 400 Å². The Morgan fingerprint density at radius 2 is 0.538 bits per heavy atom. The fourth-order valence-corrected chi connectivity index (χ4v) is 7.46. The molecule has 0 amide bonds. The van der Waals surface area contributed by atoms with E-state index in [-0.39, 0.29) is 107 Å². The summed E-state index contributed by atoms with van der Waals surface area (Å²) in [6.07, 6.45) is 0.769. The summed E-state index contributed by atoms with van der Waals surface area (Å²) >= 11 is 0. The quantitative estimate of drug-likeness (QED) is 0.0307. The highest BCUT2D eigenvalue weighted by Gasteiger charge is 2.39. The van der Waals surface area contributed by atoms with Gasteiger partial charge in [-0.3, -0.25) is 19.2 Å². The molecule has 6 rings (SSSR count). The molecule has 0 atom stereocenters. The molecule has 0 saturated heterocycles. The molecule has 4 aromatic carbocycles. The first kappa shape index (κ1) is 56.0. The van der Waals surface area contributed by atoms with Crippen molar-refractivity contribution >= 4 is 95.5 Å². The lowest BCUT2D eigenvalue weighted by molar-refractivity contribution is 0.0975. The Kier molecular flexibility index (Phi) is 23.0. The molecule has 0 spiro atoms. The van der Waals surface area contributed by atoms with E-state index in [1.165, 1.54) is 24.3 Å². The smallest absolute Gasteiger partial charge is 0.200 e. The number of benzene rings is 4. The second kappa shape index (κ2) is 26.7. The summed E-state index contributed by atoms with van der Waals surface area (Å²) in [5, 5.41) is 85.7. The zero-order chi connectivity index (χ0) is 43.5. The van der Waals surface area contributed by atoms with Crippen molar-refractivity contribution in [2.45, 2.75) is 6.42 Å². The highest BCUT2D eigenvalue weighted by molar-refractivity contribution is 6.34. The maximum absolute atomic E-state index is 13.8. The number of aliphatic hydroxyl groups excluding tert-OH is 2. The van der Waals surface area contributed by atoms with Gasteiger partial charge in [-0.15, -0.1) is 49.6 Å². The van der Waals surface area contributed by atoms with Crippen LogP contribution >= 0.6 is 49.6 Å². The second-order valence-corrected chi connectivity index (χ2v) is 14.4. The summed E-state index contributed by atoms with van der Waals surface area (Å²) < 4.78 is 0. The molecule has 14 N–H and O–H groups in total.